The molecule has 1 aliphatic heterocycles. The summed E-state index contributed by atoms with van der Waals surface area (Å²) in [6.45, 7) is 1.87. The van der Waals surface area contributed by atoms with Crippen molar-refractivity contribution in [1.29, 1.82) is 0 Å². The molecule has 94 valence electrons. The lowest BCUT2D eigenvalue weighted by molar-refractivity contribution is -0.0134. The third-order valence-corrected chi connectivity index (χ3v) is 2.94. The molecule has 0 bridgehead atoms. The zero-order chi connectivity index (χ0) is 12.1. The molecular weight excluding hydrogens is 218 g/mol. The molecule has 0 spiro atoms. The lowest BCUT2D eigenvalue weighted by atomic mass is 10.1. The van der Waals surface area contributed by atoms with Gasteiger partial charge in [-0.2, -0.15) is 0 Å². The topological polar surface area (TPSA) is 53.7 Å². The van der Waals surface area contributed by atoms with E-state index < -0.39 is 0 Å². The van der Waals surface area contributed by atoms with Gasteiger partial charge in [-0.05, 0) is 12.5 Å². The van der Waals surface area contributed by atoms with E-state index in [0.717, 1.165) is 24.3 Å². The molecule has 1 heterocycles. The maximum atomic E-state index is 5.96. The van der Waals surface area contributed by atoms with Crippen LogP contribution in [-0.2, 0) is 9.47 Å². The van der Waals surface area contributed by atoms with E-state index in [9.17, 15) is 0 Å². The molecule has 0 saturated carbocycles. The molecule has 1 aromatic carbocycles. The van der Waals surface area contributed by atoms with Gasteiger partial charge < -0.3 is 19.9 Å². The fraction of sp³-hybridized carbons (Fsp3) is 0.538. The van der Waals surface area contributed by atoms with E-state index in [1.54, 1.807) is 7.11 Å². The average Bonchev–Trinajstić information content (AvgIpc) is 2.89. The summed E-state index contributed by atoms with van der Waals surface area (Å²) in [6, 6.07) is 7.82. The minimum absolute atomic E-state index is 0.127. The van der Waals surface area contributed by atoms with Crippen molar-refractivity contribution in [2.24, 2.45) is 5.73 Å². The van der Waals surface area contributed by atoms with E-state index in [1.807, 2.05) is 24.3 Å². The van der Waals surface area contributed by atoms with Gasteiger partial charge in [0.25, 0.3) is 0 Å². The first kappa shape index (κ1) is 12.4. The van der Waals surface area contributed by atoms with E-state index in [4.69, 9.17) is 19.9 Å². The van der Waals surface area contributed by atoms with Crippen LogP contribution in [0.15, 0.2) is 24.3 Å². The highest BCUT2D eigenvalue weighted by Crippen LogP contribution is 2.28. The van der Waals surface area contributed by atoms with Gasteiger partial charge in [-0.25, -0.2) is 0 Å². The first-order valence-corrected chi connectivity index (χ1v) is 5.91. The molecule has 17 heavy (non-hydrogen) atoms. The summed E-state index contributed by atoms with van der Waals surface area (Å²) >= 11 is 0. The van der Waals surface area contributed by atoms with Crippen molar-refractivity contribution in [3.05, 3.63) is 29.8 Å². The molecule has 2 rings (SSSR count). The van der Waals surface area contributed by atoms with Crippen LogP contribution >= 0.6 is 0 Å². The average molecular weight is 237 g/mol. The van der Waals surface area contributed by atoms with Gasteiger partial charge in [0.05, 0.1) is 25.9 Å². The Morgan fingerprint density at radius 3 is 2.94 bits per heavy atom. The number of methoxy groups -OCH3 is 1. The van der Waals surface area contributed by atoms with Crippen molar-refractivity contribution in [2.75, 3.05) is 26.9 Å². The number of para-hydroxylation sites is 1. The van der Waals surface area contributed by atoms with Crippen LogP contribution in [0.1, 0.15) is 18.1 Å². The number of nitrogens with two attached hydrogens (primary N) is 1. The zero-order valence-electron chi connectivity index (χ0n) is 10.1. The van der Waals surface area contributed by atoms with Crippen LogP contribution in [0, 0.1) is 0 Å². The third kappa shape index (κ3) is 2.97. The minimum atomic E-state index is -0.127. The number of hydrogen-bond acceptors (Lipinski definition) is 4. The van der Waals surface area contributed by atoms with Crippen molar-refractivity contribution < 1.29 is 14.2 Å². The predicted molar refractivity (Wildman–Crippen MR) is 65.1 cm³/mol. The maximum absolute atomic E-state index is 5.96. The summed E-state index contributed by atoms with van der Waals surface area (Å²) in [5.74, 6) is 0.821. The van der Waals surface area contributed by atoms with Crippen LogP contribution < -0.4 is 10.5 Å². The van der Waals surface area contributed by atoms with Crippen LogP contribution in [0.25, 0.3) is 0 Å². The Balaban J connectivity index is 2.10. The van der Waals surface area contributed by atoms with Crippen LogP contribution in [0.3, 0.4) is 0 Å². The lowest BCUT2D eigenvalue weighted by Gasteiger charge is -2.22. The molecule has 0 aromatic heterocycles. The lowest BCUT2D eigenvalue weighted by Crippen LogP contribution is -2.23. The van der Waals surface area contributed by atoms with Gasteiger partial charge in [-0.15, -0.1) is 0 Å². The molecule has 4 nitrogen and oxygen atoms in total. The largest absolute Gasteiger partial charge is 0.496 e. The Bertz CT molecular complexity index is 350. The molecule has 1 saturated heterocycles. The monoisotopic (exact) mass is 237 g/mol. The van der Waals surface area contributed by atoms with Crippen molar-refractivity contribution in [2.45, 2.75) is 18.6 Å². The van der Waals surface area contributed by atoms with Crippen molar-refractivity contribution >= 4 is 0 Å². The zero-order valence-corrected chi connectivity index (χ0v) is 10.1. The minimum Gasteiger partial charge on any atom is -0.496 e. The fourth-order valence-corrected chi connectivity index (χ4v) is 2.04. The van der Waals surface area contributed by atoms with E-state index in [-0.39, 0.29) is 12.2 Å². The normalized spacial score (nSPS) is 21.4. The molecule has 4 heteroatoms. The third-order valence-electron chi connectivity index (χ3n) is 2.94. The summed E-state index contributed by atoms with van der Waals surface area (Å²) in [6.07, 6.45) is 0.956. The molecule has 0 radical (unpaired) electrons. The second-order valence-electron chi connectivity index (χ2n) is 4.09. The highest BCUT2D eigenvalue weighted by Gasteiger charge is 2.23. The van der Waals surface area contributed by atoms with Gasteiger partial charge in [0.15, 0.2) is 0 Å². The first-order chi connectivity index (χ1) is 8.35. The van der Waals surface area contributed by atoms with Crippen molar-refractivity contribution in [3.63, 3.8) is 0 Å². The van der Waals surface area contributed by atoms with Gasteiger partial charge in [0.1, 0.15) is 5.75 Å². The SMILES string of the molecule is COc1ccccc1C(CN)OC1CCOC1. The van der Waals surface area contributed by atoms with Gasteiger partial charge in [0.2, 0.25) is 0 Å². The quantitative estimate of drug-likeness (QED) is 0.843. The standard InChI is InChI=1S/C13H19NO3/c1-15-12-5-3-2-4-11(12)13(8-14)17-10-6-7-16-9-10/h2-5,10,13H,6-9,14H2,1H3. The second kappa shape index (κ2) is 6.00. The second-order valence-corrected chi connectivity index (χ2v) is 4.09. The number of benzene rings is 1. The van der Waals surface area contributed by atoms with Gasteiger partial charge in [0, 0.05) is 18.7 Å². The maximum Gasteiger partial charge on any atom is 0.124 e. The smallest absolute Gasteiger partial charge is 0.124 e. The van der Waals surface area contributed by atoms with Crippen LogP contribution in [0.2, 0.25) is 0 Å². The molecule has 2 unspecified atom stereocenters. The Morgan fingerprint density at radius 1 is 1.47 bits per heavy atom. The van der Waals surface area contributed by atoms with E-state index in [2.05, 4.69) is 0 Å². The molecule has 0 aliphatic carbocycles. The van der Waals surface area contributed by atoms with Crippen LogP contribution in [0.5, 0.6) is 5.75 Å². The van der Waals surface area contributed by atoms with Crippen molar-refractivity contribution in [3.8, 4) is 5.75 Å². The summed E-state index contributed by atoms with van der Waals surface area (Å²) in [7, 11) is 1.66. The molecule has 2 N–H and O–H groups in total. The van der Waals surface area contributed by atoms with E-state index in [1.165, 1.54) is 0 Å². The number of ether oxygens (including phenoxy) is 3. The van der Waals surface area contributed by atoms with Crippen LogP contribution in [0.4, 0.5) is 0 Å². The highest BCUT2D eigenvalue weighted by atomic mass is 16.6. The summed E-state index contributed by atoms with van der Waals surface area (Å²) in [5, 5.41) is 0. The van der Waals surface area contributed by atoms with Gasteiger partial charge in [-0.1, -0.05) is 18.2 Å². The number of rotatable bonds is 5. The van der Waals surface area contributed by atoms with Crippen LogP contribution in [-0.4, -0.2) is 33.0 Å². The number of hydrogen-bond donors (Lipinski definition) is 1. The molecular formula is C13H19NO3. The summed E-state index contributed by atoms with van der Waals surface area (Å²) in [4.78, 5) is 0. The Labute approximate surface area is 102 Å². The molecule has 0 amide bonds. The van der Waals surface area contributed by atoms with Gasteiger partial charge >= 0.3 is 0 Å². The van der Waals surface area contributed by atoms with Crippen molar-refractivity contribution in [1.82, 2.24) is 0 Å². The molecule has 1 aliphatic rings. The highest BCUT2D eigenvalue weighted by molar-refractivity contribution is 5.35. The Kier molecular flexibility index (Phi) is 4.36. The predicted octanol–water partition coefficient (Wildman–Crippen LogP) is 1.50. The van der Waals surface area contributed by atoms with E-state index in [0.29, 0.717) is 13.2 Å². The molecule has 2 atom stereocenters. The summed E-state index contributed by atoms with van der Waals surface area (Å²) < 4.78 is 16.6. The van der Waals surface area contributed by atoms with Gasteiger partial charge in [-0.3, -0.25) is 0 Å². The molecule has 1 fully saturated rings. The first-order valence-electron chi connectivity index (χ1n) is 5.91. The van der Waals surface area contributed by atoms with E-state index >= 15 is 0 Å². The summed E-state index contributed by atoms with van der Waals surface area (Å²) in [5.41, 5.74) is 6.79. The Hall–Kier alpha value is -1.10. The molecule has 1 aromatic rings. The Morgan fingerprint density at radius 2 is 2.29 bits per heavy atom. The fourth-order valence-electron chi connectivity index (χ4n) is 2.04.